The predicted molar refractivity (Wildman–Crippen MR) is 132 cm³/mol. The zero-order valence-corrected chi connectivity index (χ0v) is 19.8. The zero-order chi connectivity index (χ0) is 23.0. The van der Waals surface area contributed by atoms with Gasteiger partial charge in [-0.15, -0.1) is 0 Å². The minimum absolute atomic E-state index is 0.410. The molecule has 0 saturated carbocycles. The molecule has 170 valence electrons. The van der Waals surface area contributed by atoms with Crippen LogP contribution in [0.3, 0.4) is 0 Å². The van der Waals surface area contributed by atoms with Crippen LogP contribution in [0.1, 0.15) is 16.7 Å². The van der Waals surface area contributed by atoms with Gasteiger partial charge in [-0.3, -0.25) is 0 Å². The minimum Gasteiger partial charge on any atom is -0.340 e. The van der Waals surface area contributed by atoms with Crippen LogP contribution in [-0.4, -0.2) is 48.5 Å². The van der Waals surface area contributed by atoms with Gasteiger partial charge in [0.1, 0.15) is 0 Å². The Hall–Kier alpha value is -3.16. The smallest absolute Gasteiger partial charge is 0.243 e. The number of aryl methyl sites for hydroxylation is 2. The Labute approximate surface area is 195 Å². The van der Waals surface area contributed by atoms with Gasteiger partial charge in [0.25, 0.3) is 0 Å². The Morgan fingerprint density at radius 3 is 2.30 bits per heavy atom. The first-order valence-electron chi connectivity index (χ1n) is 11.2. The molecule has 0 amide bonds. The Bertz CT molecular complexity index is 1390. The molecular formula is C26H28N4O2S. The van der Waals surface area contributed by atoms with Crippen molar-refractivity contribution in [2.45, 2.75) is 25.3 Å². The van der Waals surface area contributed by atoms with Gasteiger partial charge in [-0.05, 0) is 48.7 Å². The second-order valence-electron chi connectivity index (χ2n) is 8.63. The summed E-state index contributed by atoms with van der Waals surface area (Å²) in [6.45, 7) is 6.57. The summed E-state index contributed by atoms with van der Waals surface area (Å²) in [4.78, 5) is 7.54. The lowest BCUT2D eigenvalue weighted by atomic mass is 10.2. The molecule has 33 heavy (non-hydrogen) atoms. The standard InChI is InChI=1S/C26H28N4O2S/c1-20-12-13-21(2)25(18-20)33(31,32)29-16-14-28(15-17-29)26-27-23-10-6-7-11-24(23)30(26)19-22-8-4-3-5-9-22/h3-13,18H,14-17,19H2,1-2H3. The third kappa shape index (κ3) is 4.14. The fraction of sp³-hybridized carbons (Fsp3) is 0.269. The van der Waals surface area contributed by atoms with Crippen molar-refractivity contribution in [3.05, 3.63) is 89.5 Å². The van der Waals surface area contributed by atoms with E-state index in [0.29, 0.717) is 31.1 Å². The highest BCUT2D eigenvalue weighted by molar-refractivity contribution is 7.89. The molecule has 0 radical (unpaired) electrons. The van der Waals surface area contributed by atoms with Gasteiger partial charge in [-0.2, -0.15) is 4.31 Å². The maximum absolute atomic E-state index is 13.3. The number of fused-ring (bicyclic) bond motifs is 1. The number of hydrogen-bond donors (Lipinski definition) is 0. The SMILES string of the molecule is Cc1ccc(C)c(S(=O)(=O)N2CCN(c3nc4ccccc4n3Cc3ccccc3)CC2)c1. The molecule has 4 aromatic rings. The number of aromatic nitrogens is 2. The number of hydrogen-bond acceptors (Lipinski definition) is 4. The largest absolute Gasteiger partial charge is 0.340 e. The number of piperazine rings is 1. The summed E-state index contributed by atoms with van der Waals surface area (Å²) >= 11 is 0. The molecule has 7 heteroatoms. The van der Waals surface area contributed by atoms with E-state index in [9.17, 15) is 8.42 Å². The highest BCUT2D eigenvalue weighted by Crippen LogP contribution is 2.27. The molecule has 0 aliphatic carbocycles. The molecular weight excluding hydrogens is 432 g/mol. The van der Waals surface area contributed by atoms with Crippen LogP contribution in [0.2, 0.25) is 0 Å². The van der Waals surface area contributed by atoms with E-state index in [-0.39, 0.29) is 0 Å². The average molecular weight is 461 g/mol. The quantitative estimate of drug-likeness (QED) is 0.448. The summed E-state index contributed by atoms with van der Waals surface area (Å²) in [5.74, 6) is 0.892. The van der Waals surface area contributed by atoms with Crippen molar-refractivity contribution < 1.29 is 8.42 Å². The Kier molecular flexibility index (Phi) is 5.68. The molecule has 5 rings (SSSR count). The van der Waals surface area contributed by atoms with Crippen molar-refractivity contribution in [1.29, 1.82) is 0 Å². The Morgan fingerprint density at radius 1 is 0.848 bits per heavy atom. The third-order valence-corrected chi connectivity index (χ3v) is 8.34. The fourth-order valence-electron chi connectivity index (χ4n) is 4.48. The third-order valence-electron chi connectivity index (χ3n) is 6.30. The second kappa shape index (κ2) is 8.65. The number of para-hydroxylation sites is 2. The number of benzene rings is 3. The van der Waals surface area contributed by atoms with E-state index >= 15 is 0 Å². The van der Waals surface area contributed by atoms with E-state index in [1.807, 2.05) is 62.4 Å². The summed E-state index contributed by atoms with van der Waals surface area (Å²) in [5, 5.41) is 0. The van der Waals surface area contributed by atoms with E-state index in [1.165, 1.54) is 5.56 Å². The van der Waals surface area contributed by atoms with Crippen LogP contribution in [-0.2, 0) is 16.6 Å². The van der Waals surface area contributed by atoms with E-state index in [4.69, 9.17) is 4.98 Å². The highest BCUT2D eigenvalue weighted by Gasteiger charge is 2.31. The number of rotatable bonds is 5. The van der Waals surface area contributed by atoms with E-state index in [2.05, 4.69) is 27.7 Å². The van der Waals surface area contributed by atoms with Crippen LogP contribution in [0, 0.1) is 13.8 Å². The fourth-order valence-corrected chi connectivity index (χ4v) is 6.21. The monoisotopic (exact) mass is 460 g/mol. The van der Waals surface area contributed by atoms with Crippen molar-refractivity contribution in [3.8, 4) is 0 Å². The zero-order valence-electron chi connectivity index (χ0n) is 19.0. The number of imidazole rings is 1. The van der Waals surface area contributed by atoms with Crippen LogP contribution >= 0.6 is 0 Å². The van der Waals surface area contributed by atoms with Crippen molar-refractivity contribution >= 4 is 27.0 Å². The van der Waals surface area contributed by atoms with Gasteiger partial charge in [-0.25, -0.2) is 13.4 Å². The Balaban J connectivity index is 1.42. The lowest BCUT2D eigenvalue weighted by molar-refractivity contribution is 0.381. The summed E-state index contributed by atoms with van der Waals surface area (Å²) < 4.78 is 30.5. The summed E-state index contributed by atoms with van der Waals surface area (Å²) in [7, 11) is -3.52. The summed E-state index contributed by atoms with van der Waals surface area (Å²) in [6, 6.07) is 24.1. The van der Waals surface area contributed by atoms with Gasteiger partial charge in [-0.1, -0.05) is 54.6 Å². The van der Waals surface area contributed by atoms with Crippen LogP contribution in [0.4, 0.5) is 5.95 Å². The summed E-state index contributed by atoms with van der Waals surface area (Å²) in [6.07, 6.45) is 0. The first-order valence-corrected chi connectivity index (χ1v) is 12.7. The van der Waals surface area contributed by atoms with Crippen molar-refractivity contribution in [1.82, 2.24) is 13.9 Å². The molecule has 1 fully saturated rings. The Morgan fingerprint density at radius 2 is 1.55 bits per heavy atom. The number of nitrogens with zero attached hydrogens (tertiary/aromatic N) is 4. The van der Waals surface area contributed by atoms with Crippen molar-refractivity contribution in [2.24, 2.45) is 0 Å². The molecule has 1 aliphatic heterocycles. The molecule has 0 unspecified atom stereocenters. The lowest BCUT2D eigenvalue weighted by Gasteiger charge is -2.35. The normalized spacial score (nSPS) is 15.3. The van der Waals surface area contributed by atoms with Crippen LogP contribution in [0.5, 0.6) is 0 Å². The minimum atomic E-state index is -3.52. The van der Waals surface area contributed by atoms with E-state index < -0.39 is 10.0 Å². The summed E-state index contributed by atoms with van der Waals surface area (Å²) in [5.41, 5.74) is 4.98. The van der Waals surface area contributed by atoms with Gasteiger partial charge in [0.05, 0.1) is 22.5 Å². The maximum Gasteiger partial charge on any atom is 0.243 e. The molecule has 0 bridgehead atoms. The maximum atomic E-state index is 13.3. The van der Waals surface area contributed by atoms with Crippen LogP contribution in [0.25, 0.3) is 11.0 Å². The predicted octanol–water partition coefficient (Wildman–Crippen LogP) is 4.21. The van der Waals surface area contributed by atoms with Crippen LogP contribution in [0.15, 0.2) is 77.7 Å². The van der Waals surface area contributed by atoms with E-state index in [1.54, 1.807) is 10.4 Å². The van der Waals surface area contributed by atoms with Gasteiger partial charge in [0.15, 0.2) is 0 Å². The lowest BCUT2D eigenvalue weighted by Crippen LogP contribution is -2.49. The first-order chi connectivity index (χ1) is 15.9. The highest BCUT2D eigenvalue weighted by atomic mass is 32.2. The molecule has 0 spiro atoms. The molecule has 1 saturated heterocycles. The molecule has 1 aromatic heterocycles. The van der Waals surface area contributed by atoms with E-state index in [0.717, 1.165) is 34.7 Å². The molecule has 2 heterocycles. The number of sulfonamides is 1. The van der Waals surface area contributed by atoms with Gasteiger partial charge in [0.2, 0.25) is 16.0 Å². The van der Waals surface area contributed by atoms with Gasteiger partial charge in [0, 0.05) is 26.2 Å². The molecule has 0 N–H and O–H groups in total. The van der Waals surface area contributed by atoms with Crippen LogP contribution < -0.4 is 4.90 Å². The first kappa shape index (κ1) is 21.7. The molecule has 1 aliphatic rings. The van der Waals surface area contributed by atoms with Crippen molar-refractivity contribution in [3.63, 3.8) is 0 Å². The molecule has 6 nitrogen and oxygen atoms in total. The second-order valence-corrected chi connectivity index (χ2v) is 10.5. The number of anilines is 1. The van der Waals surface area contributed by atoms with Crippen molar-refractivity contribution in [2.75, 3.05) is 31.1 Å². The molecule has 0 atom stereocenters. The topological polar surface area (TPSA) is 58.4 Å². The van der Waals surface area contributed by atoms with Gasteiger partial charge < -0.3 is 9.47 Å². The molecule has 3 aromatic carbocycles. The average Bonchev–Trinajstić information content (AvgIpc) is 3.19. The van der Waals surface area contributed by atoms with Gasteiger partial charge >= 0.3 is 0 Å².